The highest BCUT2D eigenvalue weighted by Crippen LogP contribution is 2.18. The largest absolute Gasteiger partial charge is 0.374 e. The molecule has 1 heterocycles. The van der Waals surface area contributed by atoms with Crippen molar-refractivity contribution in [2.24, 2.45) is 0 Å². The van der Waals surface area contributed by atoms with Crippen LogP contribution in [0.1, 0.15) is 12.8 Å². The van der Waals surface area contributed by atoms with Gasteiger partial charge >= 0.3 is 11.7 Å². The summed E-state index contributed by atoms with van der Waals surface area (Å²) in [5.41, 5.74) is -0.627. The van der Waals surface area contributed by atoms with Gasteiger partial charge in [0.25, 0.3) is 0 Å². The number of carbonyl (C=O) groups is 1. The monoisotopic (exact) mass is 229 g/mol. The summed E-state index contributed by atoms with van der Waals surface area (Å²) in [7, 11) is 0. The number of nitrogens with one attached hydrogen (secondary N) is 1. The summed E-state index contributed by atoms with van der Waals surface area (Å²) in [5, 5.41) is 6.77. The minimum atomic E-state index is -0.627. The van der Waals surface area contributed by atoms with Gasteiger partial charge in [0.15, 0.2) is 0 Å². The molecule has 0 atom stereocenters. The van der Waals surface area contributed by atoms with E-state index in [0.29, 0.717) is 5.16 Å². The fraction of sp³-hybridized carbons (Fsp3) is 0.571. The van der Waals surface area contributed by atoms with E-state index in [4.69, 9.17) is 5.84 Å². The second-order valence-electron chi connectivity index (χ2n) is 3.27. The predicted octanol–water partition coefficient (Wildman–Crippen LogP) is -0.799. The van der Waals surface area contributed by atoms with Crippen molar-refractivity contribution >= 4 is 17.8 Å². The number of nitrogens with two attached hydrogens (primary N) is 1. The van der Waals surface area contributed by atoms with Crippen LogP contribution in [0.25, 0.3) is 0 Å². The summed E-state index contributed by atoms with van der Waals surface area (Å²) in [6.07, 6.45) is 3.65. The van der Waals surface area contributed by atoms with Gasteiger partial charge in [-0.3, -0.25) is 0 Å². The first-order valence-electron chi connectivity index (χ1n) is 4.45. The molecule has 0 unspecified atom stereocenters. The first-order chi connectivity index (χ1) is 7.13. The number of aromatic nitrogens is 3. The van der Waals surface area contributed by atoms with Crippen LogP contribution in [0, 0.1) is 0 Å². The van der Waals surface area contributed by atoms with Crippen LogP contribution in [0.2, 0.25) is 0 Å². The average Bonchev–Trinajstić information content (AvgIpc) is 2.96. The van der Waals surface area contributed by atoms with Crippen LogP contribution in [0.4, 0.5) is 4.79 Å². The average molecular weight is 229 g/mol. The molecule has 7 nitrogen and oxygen atoms in total. The van der Waals surface area contributed by atoms with E-state index in [1.807, 2.05) is 0 Å². The Morgan fingerprint density at radius 3 is 2.80 bits per heavy atom. The maximum atomic E-state index is 11.5. The molecule has 1 aliphatic rings. The van der Waals surface area contributed by atoms with Gasteiger partial charge in [-0.1, -0.05) is 11.8 Å². The van der Waals surface area contributed by atoms with Crippen LogP contribution in [0.3, 0.4) is 0 Å². The van der Waals surface area contributed by atoms with Gasteiger partial charge in [-0.2, -0.15) is 4.68 Å². The van der Waals surface area contributed by atoms with E-state index in [1.54, 1.807) is 6.26 Å². The van der Waals surface area contributed by atoms with E-state index in [-0.39, 0.29) is 6.04 Å². The smallest absolute Gasteiger partial charge is 0.333 e. The number of nitrogen functional groups attached to an aromatic ring is 1. The molecule has 0 bridgehead atoms. The van der Waals surface area contributed by atoms with Crippen LogP contribution in [0.5, 0.6) is 0 Å². The van der Waals surface area contributed by atoms with Gasteiger partial charge < -0.3 is 11.2 Å². The van der Waals surface area contributed by atoms with Gasteiger partial charge in [0.2, 0.25) is 5.16 Å². The highest BCUT2D eigenvalue weighted by atomic mass is 32.2. The Balaban J connectivity index is 2.26. The summed E-state index contributed by atoms with van der Waals surface area (Å²) in [4.78, 5) is 23.0. The highest BCUT2D eigenvalue weighted by Gasteiger charge is 2.26. The lowest BCUT2D eigenvalue weighted by atomic mass is 10.7. The number of rotatable bonds is 2. The molecule has 1 fully saturated rings. The van der Waals surface area contributed by atoms with Gasteiger partial charge in [-0.15, -0.1) is 9.78 Å². The number of nitrogens with zero attached hydrogens (tertiary/aromatic N) is 3. The Kier molecular flexibility index (Phi) is 2.43. The van der Waals surface area contributed by atoms with Crippen molar-refractivity contribution in [1.82, 2.24) is 19.8 Å². The molecule has 1 aromatic rings. The molecule has 1 aromatic heterocycles. The highest BCUT2D eigenvalue weighted by molar-refractivity contribution is 7.98. The zero-order chi connectivity index (χ0) is 11.0. The molecule has 15 heavy (non-hydrogen) atoms. The van der Waals surface area contributed by atoms with E-state index < -0.39 is 11.7 Å². The second kappa shape index (κ2) is 3.61. The van der Waals surface area contributed by atoms with Crippen molar-refractivity contribution in [3.63, 3.8) is 0 Å². The molecule has 0 radical (unpaired) electrons. The van der Waals surface area contributed by atoms with Crippen molar-refractivity contribution in [2.75, 3.05) is 12.1 Å². The van der Waals surface area contributed by atoms with E-state index in [1.165, 1.54) is 11.8 Å². The van der Waals surface area contributed by atoms with Crippen LogP contribution in [0.15, 0.2) is 9.95 Å². The van der Waals surface area contributed by atoms with Gasteiger partial charge in [-0.25, -0.2) is 9.59 Å². The summed E-state index contributed by atoms with van der Waals surface area (Å²) in [6, 6.07) is -0.327. The third-order valence-electron chi connectivity index (χ3n) is 2.06. The molecule has 3 N–H and O–H groups in total. The van der Waals surface area contributed by atoms with Crippen molar-refractivity contribution in [3.8, 4) is 0 Å². The number of amides is 1. The van der Waals surface area contributed by atoms with Crippen molar-refractivity contribution < 1.29 is 4.79 Å². The predicted molar refractivity (Wildman–Crippen MR) is 55.4 cm³/mol. The molecule has 0 aliphatic heterocycles. The molecular formula is C7H11N5O2S. The van der Waals surface area contributed by atoms with Crippen molar-refractivity contribution in [1.29, 1.82) is 0 Å². The summed E-state index contributed by atoms with van der Waals surface area (Å²) < 4.78 is 1.61. The van der Waals surface area contributed by atoms with Gasteiger partial charge in [0.1, 0.15) is 0 Å². The maximum Gasteiger partial charge on any atom is 0.374 e. The minimum Gasteiger partial charge on any atom is -0.333 e. The Bertz CT molecular complexity index is 447. The van der Waals surface area contributed by atoms with Crippen molar-refractivity contribution in [2.45, 2.75) is 24.0 Å². The summed E-state index contributed by atoms with van der Waals surface area (Å²) >= 11 is 1.21. The number of hydrogen-bond acceptors (Lipinski definition) is 5. The fourth-order valence-electron chi connectivity index (χ4n) is 1.10. The Hall–Kier alpha value is -1.44. The Morgan fingerprint density at radius 2 is 2.33 bits per heavy atom. The molecule has 2 rings (SSSR count). The first-order valence-corrected chi connectivity index (χ1v) is 5.68. The van der Waals surface area contributed by atoms with Gasteiger partial charge in [0.05, 0.1) is 0 Å². The Labute approximate surface area is 89.6 Å². The molecule has 0 saturated heterocycles. The SMILES string of the molecule is CSc1nn(C(=O)NC2CC2)c(=O)n1N. The number of carbonyl (C=O) groups excluding carboxylic acids is 1. The van der Waals surface area contributed by atoms with E-state index in [0.717, 1.165) is 22.2 Å². The quantitative estimate of drug-likeness (QED) is 0.511. The van der Waals surface area contributed by atoms with Crippen molar-refractivity contribution in [3.05, 3.63) is 10.5 Å². The summed E-state index contributed by atoms with van der Waals surface area (Å²) in [6.45, 7) is 0. The van der Waals surface area contributed by atoms with Crippen LogP contribution in [-0.4, -0.2) is 32.8 Å². The van der Waals surface area contributed by atoms with Gasteiger partial charge in [0, 0.05) is 6.04 Å². The third-order valence-corrected chi connectivity index (χ3v) is 2.70. The molecular weight excluding hydrogens is 218 g/mol. The van der Waals surface area contributed by atoms with Crippen LogP contribution in [-0.2, 0) is 0 Å². The lowest BCUT2D eigenvalue weighted by molar-refractivity contribution is 0.238. The zero-order valence-electron chi connectivity index (χ0n) is 8.14. The second-order valence-corrected chi connectivity index (χ2v) is 4.05. The standard InChI is InChI=1S/C7H11N5O2S/c1-15-6-10-12(7(14)11(6)8)5(13)9-4-2-3-4/h4H,2-3,8H2,1H3,(H,9,13). The van der Waals surface area contributed by atoms with Crippen LogP contribution >= 0.6 is 11.8 Å². The molecule has 1 saturated carbocycles. The number of thioether (sulfide) groups is 1. The van der Waals surface area contributed by atoms with Crippen LogP contribution < -0.4 is 16.8 Å². The normalized spacial score (nSPS) is 15.3. The van der Waals surface area contributed by atoms with E-state index in [9.17, 15) is 9.59 Å². The topological polar surface area (TPSA) is 94.9 Å². The van der Waals surface area contributed by atoms with E-state index >= 15 is 0 Å². The first kappa shape index (κ1) is 10.1. The lowest BCUT2D eigenvalue weighted by Crippen LogP contribution is -2.40. The zero-order valence-corrected chi connectivity index (χ0v) is 8.95. The minimum absolute atomic E-state index is 0.185. The van der Waals surface area contributed by atoms with E-state index in [2.05, 4.69) is 10.4 Å². The molecule has 0 aromatic carbocycles. The Morgan fingerprint density at radius 1 is 1.67 bits per heavy atom. The molecule has 8 heteroatoms. The van der Waals surface area contributed by atoms with Gasteiger partial charge in [-0.05, 0) is 19.1 Å². The molecule has 1 aliphatic carbocycles. The lowest BCUT2D eigenvalue weighted by Gasteiger charge is -1.99. The number of hydrogen-bond donors (Lipinski definition) is 2. The fourth-order valence-corrected chi connectivity index (χ4v) is 1.53. The molecule has 1 amide bonds. The third kappa shape index (κ3) is 1.84. The maximum absolute atomic E-state index is 11.5. The molecule has 82 valence electrons. The summed E-state index contributed by atoms with van der Waals surface area (Å²) in [5.74, 6) is 5.42. The molecule has 0 spiro atoms.